The summed E-state index contributed by atoms with van der Waals surface area (Å²) in [5.41, 5.74) is 0.960. The molecule has 16 heavy (non-hydrogen) atoms. The Morgan fingerprint density at radius 2 is 2.12 bits per heavy atom. The van der Waals surface area contributed by atoms with Gasteiger partial charge in [0, 0.05) is 0 Å². The molecule has 1 aliphatic rings. The minimum Gasteiger partial charge on any atom is -0.429 e. The molecule has 0 spiro atoms. The van der Waals surface area contributed by atoms with Crippen LogP contribution in [0.1, 0.15) is 18.4 Å². The van der Waals surface area contributed by atoms with Crippen molar-refractivity contribution < 1.29 is 14.3 Å². The first-order valence-corrected chi connectivity index (χ1v) is 5.38. The van der Waals surface area contributed by atoms with E-state index in [-0.39, 0.29) is 12.7 Å². The quantitative estimate of drug-likeness (QED) is 0.577. The number of hydrogen-bond acceptors (Lipinski definition) is 3. The van der Waals surface area contributed by atoms with Gasteiger partial charge in [0.1, 0.15) is 12.7 Å². The van der Waals surface area contributed by atoms with Crippen molar-refractivity contribution in [3.63, 3.8) is 0 Å². The predicted octanol–water partition coefficient (Wildman–Crippen LogP) is 3.06. The van der Waals surface area contributed by atoms with Gasteiger partial charge in [0.25, 0.3) is 0 Å². The minimum atomic E-state index is -0.597. The molecule has 0 radical (unpaired) electrons. The van der Waals surface area contributed by atoms with Gasteiger partial charge in [-0.3, -0.25) is 0 Å². The second kappa shape index (κ2) is 5.35. The molecule has 0 fully saturated rings. The van der Waals surface area contributed by atoms with Gasteiger partial charge in [-0.25, -0.2) is 4.79 Å². The Labute approximate surface area is 94.7 Å². The van der Waals surface area contributed by atoms with Gasteiger partial charge in [0.2, 0.25) is 0 Å². The second-order valence-electron chi connectivity index (χ2n) is 3.69. The molecule has 3 heteroatoms. The highest BCUT2D eigenvalue weighted by atomic mass is 16.7. The van der Waals surface area contributed by atoms with Crippen molar-refractivity contribution in [2.75, 3.05) is 0 Å². The fourth-order valence-corrected chi connectivity index (χ4v) is 1.58. The van der Waals surface area contributed by atoms with Gasteiger partial charge in [-0.15, -0.1) is 0 Å². The Bertz CT molecular complexity index is 370. The third-order valence-corrected chi connectivity index (χ3v) is 2.42. The Kier molecular flexibility index (Phi) is 3.59. The van der Waals surface area contributed by atoms with Crippen molar-refractivity contribution in [1.29, 1.82) is 0 Å². The monoisotopic (exact) mass is 218 g/mol. The molecule has 0 aromatic heterocycles. The van der Waals surface area contributed by atoms with Crippen molar-refractivity contribution in [2.24, 2.45) is 0 Å². The van der Waals surface area contributed by atoms with Gasteiger partial charge in [-0.05, 0) is 24.5 Å². The molecule has 84 valence electrons. The van der Waals surface area contributed by atoms with E-state index in [1.807, 2.05) is 42.5 Å². The smallest absolute Gasteiger partial charge is 0.429 e. The van der Waals surface area contributed by atoms with E-state index in [2.05, 4.69) is 0 Å². The van der Waals surface area contributed by atoms with Crippen LogP contribution in [0.15, 0.2) is 42.5 Å². The summed E-state index contributed by atoms with van der Waals surface area (Å²) in [5.74, 6) is 0. The highest BCUT2D eigenvalue weighted by molar-refractivity contribution is 5.60. The molecule has 1 aromatic carbocycles. The third kappa shape index (κ3) is 3.12. The zero-order valence-electron chi connectivity index (χ0n) is 8.96. The van der Waals surface area contributed by atoms with Crippen LogP contribution in [-0.4, -0.2) is 12.3 Å². The van der Waals surface area contributed by atoms with Gasteiger partial charge >= 0.3 is 6.16 Å². The summed E-state index contributed by atoms with van der Waals surface area (Å²) in [4.78, 5) is 11.3. The average Bonchev–Trinajstić information content (AvgIpc) is 2.81. The van der Waals surface area contributed by atoms with E-state index in [9.17, 15) is 4.79 Å². The Balaban J connectivity index is 1.73. The van der Waals surface area contributed by atoms with Crippen LogP contribution in [0.3, 0.4) is 0 Å². The summed E-state index contributed by atoms with van der Waals surface area (Å²) < 4.78 is 10.1. The van der Waals surface area contributed by atoms with Gasteiger partial charge in [-0.1, -0.05) is 36.4 Å². The number of rotatable bonds is 3. The van der Waals surface area contributed by atoms with Crippen LogP contribution < -0.4 is 0 Å². The summed E-state index contributed by atoms with van der Waals surface area (Å²) in [7, 11) is 0. The predicted molar refractivity (Wildman–Crippen MR) is 59.9 cm³/mol. The van der Waals surface area contributed by atoms with Crippen molar-refractivity contribution in [1.82, 2.24) is 0 Å². The Morgan fingerprint density at radius 1 is 1.31 bits per heavy atom. The maximum atomic E-state index is 11.3. The van der Waals surface area contributed by atoms with Crippen LogP contribution in [0.5, 0.6) is 0 Å². The Hall–Kier alpha value is -1.77. The van der Waals surface area contributed by atoms with Gasteiger partial charge in [-0.2, -0.15) is 0 Å². The minimum absolute atomic E-state index is 0.108. The zero-order chi connectivity index (χ0) is 11.2. The molecule has 0 bridgehead atoms. The molecule has 0 aliphatic heterocycles. The maximum Gasteiger partial charge on any atom is 0.509 e. The molecular weight excluding hydrogens is 204 g/mol. The maximum absolute atomic E-state index is 11.3. The first kappa shape index (κ1) is 10.7. The molecule has 3 nitrogen and oxygen atoms in total. The number of hydrogen-bond donors (Lipinski definition) is 0. The van der Waals surface area contributed by atoms with Gasteiger partial charge in [0.15, 0.2) is 0 Å². The molecule has 1 unspecified atom stereocenters. The molecule has 0 N–H and O–H groups in total. The Morgan fingerprint density at radius 3 is 2.81 bits per heavy atom. The zero-order valence-corrected chi connectivity index (χ0v) is 8.96. The fourth-order valence-electron chi connectivity index (χ4n) is 1.58. The molecule has 0 amide bonds. The first-order chi connectivity index (χ1) is 7.84. The van der Waals surface area contributed by atoms with Crippen molar-refractivity contribution >= 4 is 6.16 Å². The molecular formula is C13H14O3. The van der Waals surface area contributed by atoms with E-state index in [1.54, 1.807) is 0 Å². The third-order valence-electron chi connectivity index (χ3n) is 2.42. The van der Waals surface area contributed by atoms with Crippen LogP contribution in [-0.2, 0) is 16.1 Å². The molecule has 0 saturated carbocycles. The van der Waals surface area contributed by atoms with Gasteiger partial charge in [0.05, 0.1) is 0 Å². The normalized spacial score (nSPS) is 18.4. The van der Waals surface area contributed by atoms with E-state index >= 15 is 0 Å². The largest absolute Gasteiger partial charge is 0.509 e. The molecule has 2 rings (SSSR count). The molecule has 0 heterocycles. The summed E-state index contributed by atoms with van der Waals surface area (Å²) in [6.45, 7) is 0.260. The fraction of sp³-hybridized carbons (Fsp3) is 0.308. The lowest BCUT2D eigenvalue weighted by atomic mass is 10.2. The highest BCUT2D eigenvalue weighted by Crippen LogP contribution is 2.13. The van der Waals surface area contributed by atoms with Crippen molar-refractivity contribution in [3.05, 3.63) is 48.0 Å². The number of allylic oxidation sites excluding steroid dienone is 1. The van der Waals surface area contributed by atoms with E-state index in [0.29, 0.717) is 0 Å². The SMILES string of the molecule is O=C(OCc1ccccc1)OC1C=CCC1. The summed E-state index contributed by atoms with van der Waals surface area (Å²) in [5, 5.41) is 0. The lowest BCUT2D eigenvalue weighted by Gasteiger charge is -2.10. The molecule has 0 saturated heterocycles. The standard InChI is InChI=1S/C13H14O3/c14-13(16-12-8-4-5-9-12)15-10-11-6-2-1-3-7-11/h1-4,6-8,12H,5,9-10H2. The van der Waals surface area contributed by atoms with Gasteiger partial charge < -0.3 is 9.47 Å². The second-order valence-corrected chi connectivity index (χ2v) is 3.69. The van der Waals surface area contributed by atoms with E-state index in [0.717, 1.165) is 18.4 Å². The topological polar surface area (TPSA) is 35.5 Å². The highest BCUT2D eigenvalue weighted by Gasteiger charge is 2.15. The van der Waals surface area contributed by atoms with E-state index in [1.165, 1.54) is 0 Å². The lowest BCUT2D eigenvalue weighted by Crippen LogP contribution is -2.15. The molecule has 1 aliphatic carbocycles. The van der Waals surface area contributed by atoms with Crippen LogP contribution in [0.25, 0.3) is 0 Å². The van der Waals surface area contributed by atoms with Crippen LogP contribution in [0.4, 0.5) is 4.79 Å². The van der Waals surface area contributed by atoms with Crippen molar-refractivity contribution in [2.45, 2.75) is 25.6 Å². The molecule has 1 aromatic rings. The number of benzene rings is 1. The summed E-state index contributed by atoms with van der Waals surface area (Å²) in [6.07, 6.45) is 5.03. The average molecular weight is 218 g/mol. The van der Waals surface area contributed by atoms with Crippen LogP contribution >= 0.6 is 0 Å². The first-order valence-electron chi connectivity index (χ1n) is 5.38. The number of ether oxygens (including phenoxy) is 2. The van der Waals surface area contributed by atoms with E-state index < -0.39 is 6.16 Å². The number of carbonyl (C=O) groups excluding carboxylic acids is 1. The summed E-state index contributed by atoms with van der Waals surface area (Å²) in [6, 6.07) is 9.55. The lowest BCUT2D eigenvalue weighted by molar-refractivity contribution is 0.0324. The molecule has 1 atom stereocenters. The van der Waals surface area contributed by atoms with Crippen LogP contribution in [0, 0.1) is 0 Å². The summed E-state index contributed by atoms with van der Waals surface area (Å²) >= 11 is 0. The number of carbonyl (C=O) groups is 1. The van der Waals surface area contributed by atoms with Crippen LogP contribution in [0.2, 0.25) is 0 Å². The van der Waals surface area contributed by atoms with Crippen molar-refractivity contribution in [3.8, 4) is 0 Å². The van der Waals surface area contributed by atoms with E-state index in [4.69, 9.17) is 9.47 Å².